The van der Waals surface area contributed by atoms with Crippen molar-refractivity contribution in [2.24, 2.45) is 0 Å². The summed E-state index contributed by atoms with van der Waals surface area (Å²) in [5.41, 5.74) is 4.99. The molecule has 0 fully saturated rings. The molecule has 2 aromatic carbocycles. The van der Waals surface area contributed by atoms with Crippen molar-refractivity contribution in [3.63, 3.8) is 0 Å². The Hall–Kier alpha value is -3.65. The van der Waals surface area contributed by atoms with Crippen molar-refractivity contribution in [3.05, 3.63) is 81.5 Å². The van der Waals surface area contributed by atoms with Crippen LogP contribution in [0.15, 0.2) is 53.3 Å². The third-order valence-electron chi connectivity index (χ3n) is 5.76. The Balaban J connectivity index is 1.80. The fourth-order valence-electron chi connectivity index (χ4n) is 4.05. The Morgan fingerprint density at radius 3 is 2.58 bits per heavy atom. The summed E-state index contributed by atoms with van der Waals surface area (Å²) in [6, 6.07) is 16.1. The van der Waals surface area contributed by atoms with Gasteiger partial charge in [-0.15, -0.1) is 10.2 Å². The highest BCUT2D eigenvalue weighted by Crippen LogP contribution is 2.31. The lowest BCUT2D eigenvalue weighted by atomic mass is 9.97. The van der Waals surface area contributed by atoms with Gasteiger partial charge in [0, 0.05) is 36.3 Å². The van der Waals surface area contributed by atoms with Crippen LogP contribution in [0.5, 0.6) is 0 Å². The number of aliphatic hydroxyl groups excluding tert-OH is 1. The molecule has 0 saturated carbocycles. The zero-order chi connectivity index (χ0) is 23.2. The van der Waals surface area contributed by atoms with Crippen LogP contribution < -0.4 is 5.56 Å². The number of hydrogen-bond donors (Lipinski definition) is 2. The summed E-state index contributed by atoms with van der Waals surface area (Å²) in [6.45, 7) is 4.26. The maximum atomic E-state index is 13.3. The molecule has 8 heteroatoms. The van der Waals surface area contributed by atoms with Gasteiger partial charge >= 0.3 is 0 Å². The van der Waals surface area contributed by atoms with Gasteiger partial charge in [0.05, 0.1) is 6.54 Å². The van der Waals surface area contributed by atoms with E-state index in [1.807, 2.05) is 55.5 Å². The van der Waals surface area contributed by atoms with E-state index in [2.05, 4.69) is 27.5 Å². The molecule has 0 atom stereocenters. The van der Waals surface area contributed by atoms with Crippen LogP contribution in [-0.4, -0.2) is 41.9 Å². The van der Waals surface area contributed by atoms with E-state index in [1.54, 1.807) is 4.57 Å². The zero-order valence-electron chi connectivity index (χ0n) is 19.0. The molecule has 2 N–H and O–H groups in total. The highest BCUT2D eigenvalue weighted by molar-refractivity contribution is 5.80. The lowest BCUT2D eigenvalue weighted by molar-refractivity contribution is 0.298. The van der Waals surface area contributed by atoms with Crippen LogP contribution in [0.1, 0.15) is 42.4 Å². The summed E-state index contributed by atoms with van der Waals surface area (Å²) in [6.07, 6.45) is 2.99. The van der Waals surface area contributed by atoms with Gasteiger partial charge in [-0.05, 0) is 41.3 Å². The maximum absolute atomic E-state index is 13.3. The van der Waals surface area contributed by atoms with Gasteiger partial charge in [0.1, 0.15) is 5.82 Å². The molecular weight excluding hydrogens is 416 g/mol. The number of nitrogens with one attached hydrogen (secondary N) is 1. The van der Waals surface area contributed by atoms with Crippen LogP contribution in [0.25, 0.3) is 22.5 Å². The van der Waals surface area contributed by atoms with Crippen molar-refractivity contribution < 1.29 is 5.11 Å². The highest BCUT2D eigenvalue weighted by atomic mass is 16.3. The number of rotatable bonds is 9. The van der Waals surface area contributed by atoms with Crippen molar-refractivity contribution in [2.75, 3.05) is 6.61 Å². The Morgan fingerprint density at radius 2 is 1.88 bits per heavy atom. The molecule has 0 bridgehead atoms. The van der Waals surface area contributed by atoms with Gasteiger partial charge in [0.2, 0.25) is 5.82 Å². The number of aromatic amines is 1. The second-order valence-corrected chi connectivity index (χ2v) is 8.04. The Kier molecular flexibility index (Phi) is 7.04. The Bertz CT molecular complexity index is 1270. The van der Waals surface area contributed by atoms with Crippen LogP contribution in [0, 0.1) is 6.92 Å². The first-order chi connectivity index (χ1) is 16.1. The summed E-state index contributed by atoms with van der Waals surface area (Å²) >= 11 is 0. The van der Waals surface area contributed by atoms with E-state index in [9.17, 15) is 9.90 Å². The quantitative estimate of drug-likeness (QED) is 0.410. The Morgan fingerprint density at radius 1 is 1.06 bits per heavy atom. The van der Waals surface area contributed by atoms with Gasteiger partial charge in [-0.1, -0.05) is 55.8 Å². The third kappa shape index (κ3) is 4.90. The SMILES string of the molecule is CCCCc1nc(C)c(CCO)c(=O)n1Cc1ccc(-c2ccccc2)c(-c2nn[nH]n2)c1. The third-order valence-corrected chi connectivity index (χ3v) is 5.76. The molecule has 4 rings (SSSR count). The lowest BCUT2D eigenvalue weighted by Gasteiger charge is -2.17. The summed E-state index contributed by atoms with van der Waals surface area (Å²) in [4.78, 5) is 18.1. The fourth-order valence-corrected chi connectivity index (χ4v) is 4.05. The first-order valence-corrected chi connectivity index (χ1v) is 11.2. The minimum absolute atomic E-state index is 0.0835. The molecule has 33 heavy (non-hydrogen) atoms. The molecule has 0 saturated heterocycles. The van der Waals surface area contributed by atoms with E-state index in [0.29, 0.717) is 30.0 Å². The second kappa shape index (κ2) is 10.3. The number of H-pyrrole nitrogens is 1. The van der Waals surface area contributed by atoms with Gasteiger partial charge in [-0.25, -0.2) is 4.98 Å². The predicted octanol–water partition coefficient (Wildman–Crippen LogP) is 3.32. The molecule has 0 aliphatic carbocycles. The largest absolute Gasteiger partial charge is 0.396 e. The number of tetrazole rings is 1. The van der Waals surface area contributed by atoms with E-state index in [1.165, 1.54) is 0 Å². The van der Waals surface area contributed by atoms with E-state index in [4.69, 9.17) is 4.98 Å². The van der Waals surface area contributed by atoms with Crippen molar-refractivity contribution in [1.29, 1.82) is 0 Å². The molecular formula is C25H28N6O2. The fraction of sp³-hybridized carbons (Fsp3) is 0.320. The summed E-state index contributed by atoms with van der Waals surface area (Å²) < 4.78 is 1.74. The Labute approximate surface area is 192 Å². The molecule has 0 radical (unpaired) electrons. The predicted molar refractivity (Wildman–Crippen MR) is 127 cm³/mol. The average Bonchev–Trinajstić information content (AvgIpc) is 3.38. The molecule has 2 heterocycles. The number of unbranched alkanes of at least 4 members (excludes halogenated alkanes) is 1. The van der Waals surface area contributed by atoms with E-state index >= 15 is 0 Å². The van der Waals surface area contributed by atoms with Crippen LogP contribution in [0.4, 0.5) is 0 Å². The van der Waals surface area contributed by atoms with Gasteiger partial charge in [0.15, 0.2) is 0 Å². The number of aryl methyl sites for hydroxylation is 2. The minimum atomic E-state index is -0.0871. The zero-order valence-corrected chi connectivity index (χ0v) is 19.0. The first-order valence-electron chi connectivity index (χ1n) is 11.2. The average molecular weight is 445 g/mol. The minimum Gasteiger partial charge on any atom is -0.396 e. The van der Waals surface area contributed by atoms with E-state index in [0.717, 1.165) is 47.3 Å². The van der Waals surface area contributed by atoms with Crippen molar-refractivity contribution >= 4 is 0 Å². The smallest absolute Gasteiger partial charge is 0.257 e. The molecule has 170 valence electrons. The second-order valence-electron chi connectivity index (χ2n) is 8.04. The molecule has 2 aromatic heterocycles. The van der Waals surface area contributed by atoms with Gasteiger partial charge in [-0.3, -0.25) is 9.36 Å². The monoisotopic (exact) mass is 444 g/mol. The standard InChI is InChI=1S/C25H28N6O2/c1-3-4-10-23-26-17(2)20(13-14-32)25(33)31(23)16-18-11-12-21(19-8-6-5-7-9-19)22(15-18)24-27-29-30-28-24/h5-9,11-12,15,32H,3-4,10,13-14,16H2,1-2H3,(H,27,28,29,30). The van der Waals surface area contributed by atoms with Crippen LogP contribution >= 0.6 is 0 Å². The molecule has 0 unspecified atom stereocenters. The summed E-state index contributed by atoms with van der Waals surface area (Å²) in [5.74, 6) is 1.27. The van der Waals surface area contributed by atoms with Crippen molar-refractivity contribution in [1.82, 2.24) is 30.2 Å². The van der Waals surface area contributed by atoms with Crippen molar-refractivity contribution in [2.45, 2.75) is 46.1 Å². The molecule has 0 spiro atoms. The number of aromatic nitrogens is 6. The molecule has 0 aliphatic rings. The molecule has 0 amide bonds. The number of aliphatic hydroxyl groups is 1. The van der Waals surface area contributed by atoms with Crippen LogP contribution in [-0.2, 0) is 19.4 Å². The van der Waals surface area contributed by atoms with Crippen molar-refractivity contribution in [3.8, 4) is 22.5 Å². The van der Waals surface area contributed by atoms with Crippen LogP contribution in [0.2, 0.25) is 0 Å². The van der Waals surface area contributed by atoms with Crippen LogP contribution in [0.3, 0.4) is 0 Å². The van der Waals surface area contributed by atoms with Gasteiger partial charge in [-0.2, -0.15) is 5.21 Å². The number of nitrogens with zero attached hydrogens (tertiary/aromatic N) is 5. The number of hydrogen-bond acceptors (Lipinski definition) is 6. The molecule has 4 aromatic rings. The summed E-state index contributed by atoms with van der Waals surface area (Å²) in [5, 5.41) is 24.1. The number of benzene rings is 2. The molecule has 0 aliphatic heterocycles. The first kappa shape index (κ1) is 22.5. The maximum Gasteiger partial charge on any atom is 0.257 e. The normalized spacial score (nSPS) is 11.1. The van der Waals surface area contributed by atoms with Gasteiger partial charge < -0.3 is 5.11 Å². The van der Waals surface area contributed by atoms with Gasteiger partial charge in [0.25, 0.3) is 5.56 Å². The highest BCUT2D eigenvalue weighted by Gasteiger charge is 2.17. The lowest BCUT2D eigenvalue weighted by Crippen LogP contribution is -2.30. The molecule has 8 nitrogen and oxygen atoms in total. The van der Waals surface area contributed by atoms with E-state index < -0.39 is 0 Å². The van der Waals surface area contributed by atoms with E-state index in [-0.39, 0.29) is 12.2 Å². The summed E-state index contributed by atoms with van der Waals surface area (Å²) in [7, 11) is 0. The topological polar surface area (TPSA) is 110 Å².